The second kappa shape index (κ2) is 11.7. The number of thiocarbonyl (C=S) groups is 1. The van der Waals surface area contributed by atoms with Gasteiger partial charge in [0.15, 0.2) is 5.11 Å². The second-order valence-corrected chi connectivity index (χ2v) is 10.4. The molecule has 0 atom stereocenters. The average Bonchev–Trinajstić information content (AvgIpc) is 3.65. The standard InChI is InChI=1S/C29H30N4O2S2/c1-2-20-9-11-21(12-10-20)24-7-3-4-8-25(24)31-27(34)26-19-37-28(32-26)22-13-15-33(16-14-22)29(36)30-18-23-6-5-17-35-23/h3-12,17,19,22H,2,13-16,18H2,1H3,(H,30,36)(H,31,34). The number of hydrogen-bond donors (Lipinski definition) is 2. The average molecular weight is 531 g/mol. The second-order valence-electron chi connectivity index (χ2n) is 9.12. The molecule has 0 spiro atoms. The van der Waals surface area contributed by atoms with Gasteiger partial charge in [0.05, 0.1) is 17.8 Å². The van der Waals surface area contributed by atoms with Gasteiger partial charge in [0.1, 0.15) is 11.5 Å². The van der Waals surface area contributed by atoms with Crippen molar-refractivity contribution in [3.63, 3.8) is 0 Å². The Morgan fingerprint density at radius 1 is 1.11 bits per heavy atom. The third kappa shape index (κ3) is 6.09. The Morgan fingerprint density at radius 3 is 2.62 bits per heavy atom. The van der Waals surface area contributed by atoms with Crippen LogP contribution in [-0.4, -0.2) is 34.0 Å². The highest BCUT2D eigenvalue weighted by molar-refractivity contribution is 7.80. The SMILES string of the molecule is CCc1ccc(-c2ccccc2NC(=O)c2csc(C3CCN(C(=S)NCc4ccco4)CC3)n2)cc1. The Labute approximate surface area is 226 Å². The van der Waals surface area contributed by atoms with Gasteiger partial charge in [-0.1, -0.05) is 49.4 Å². The van der Waals surface area contributed by atoms with E-state index in [1.54, 1.807) is 17.6 Å². The van der Waals surface area contributed by atoms with Crippen LogP contribution in [0.5, 0.6) is 0 Å². The molecule has 5 rings (SSSR count). The fourth-order valence-electron chi connectivity index (χ4n) is 4.55. The normalized spacial score (nSPS) is 13.9. The molecule has 0 unspecified atom stereocenters. The first-order valence-corrected chi connectivity index (χ1v) is 13.9. The number of piperidine rings is 1. The molecule has 0 bridgehead atoms. The number of thiazole rings is 1. The molecule has 0 radical (unpaired) electrons. The van der Waals surface area contributed by atoms with Gasteiger partial charge in [0.25, 0.3) is 5.91 Å². The van der Waals surface area contributed by atoms with Gasteiger partial charge in [-0.3, -0.25) is 4.79 Å². The van der Waals surface area contributed by atoms with Crippen molar-refractivity contribution in [3.05, 3.63) is 94.3 Å². The van der Waals surface area contributed by atoms with Crippen LogP contribution < -0.4 is 10.6 Å². The molecule has 1 aliphatic rings. The first-order chi connectivity index (χ1) is 18.1. The Balaban J connectivity index is 1.18. The number of aryl methyl sites for hydroxylation is 1. The lowest BCUT2D eigenvalue weighted by molar-refractivity contribution is 0.102. The number of hydrogen-bond acceptors (Lipinski definition) is 5. The van der Waals surface area contributed by atoms with Gasteiger partial charge >= 0.3 is 0 Å². The molecule has 2 aromatic heterocycles. The first-order valence-electron chi connectivity index (χ1n) is 12.6. The number of amides is 1. The largest absolute Gasteiger partial charge is 0.467 e. The van der Waals surface area contributed by atoms with Crippen LogP contribution >= 0.6 is 23.6 Å². The highest BCUT2D eigenvalue weighted by Gasteiger charge is 2.25. The van der Waals surface area contributed by atoms with E-state index >= 15 is 0 Å². The molecule has 2 aromatic carbocycles. The zero-order chi connectivity index (χ0) is 25.6. The molecular weight excluding hydrogens is 500 g/mol. The fourth-order valence-corrected chi connectivity index (χ4v) is 5.77. The van der Waals surface area contributed by atoms with Gasteiger partial charge in [-0.2, -0.15) is 0 Å². The van der Waals surface area contributed by atoms with Crippen molar-refractivity contribution in [2.75, 3.05) is 18.4 Å². The third-order valence-electron chi connectivity index (χ3n) is 6.73. The molecule has 0 saturated carbocycles. The molecule has 190 valence electrons. The molecule has 37 heavy (non-hydrogen) atoms. The van der Waals surface area contributed by atoms with Crippen molar-refractivity contribution in [1.29, 1.82) is 0 Å². The Hall–Kier alpha value is -3.49. The van der Waals surface area contributed by atoms with Crippen molar-refractivity contribution < 1.29 is 9.21 Å². The lowest BCUT2D eigenvalue weighted by atomic mass is 9.98. The van der Waals surface area contributed by atoms with Crippen molar-refractivity contribution in [3.8, 4) is 11.1 Å². The van der Waals surface area contributed by atoms with Gasteiger partial charge < -0.3 is 20.0 Å². The molecule has 1 aliphatic heterocycles. The smallest absolute Gasteiger partial charge is 0.275 e. The maximum atomic E-state index is 13.1. The first kappa shape index (κ1) is 25.2. The molecule has 1 amide bonds. The molecule has 3 heterocycles. The minimum absolute atomic E-state index is 0.180. The number of anilines is 1. The van der Waals surface area contributed by atoms with Crippen molar-refractivity contribution in [2.45, 2.75) is 38.6 Å². The van der Waals surface area contributed by atoms with E-state index in [-0.39, 0.29) is 5.91 Å². The third-order valence-corrected chi connectivity index (χ3v) is 8.14. The van der Waals surface area contributed by atoms with Crippen LogP contribution in [-0.2, 0) is 13.0 Å². The summed E-state index contributed by atoms with van der Waals surface area (Å²) in [5.74, 6) is 1.02. The van der Waals surface area contributed by atoms with Crippen molar-refractivity contribution >= 4 is 40.3 Å². The molecule has 8 heteroatoms. The molecule has 4 aromatic rings. The summed E-state index contributed by atoms with van der Waals surface area (Å²) < 4.78 is 5.36. The van der Waals surface area contributed by atoms with Crippen LogP contribution in [0.1, 0.15) is 52.5 Å². The summed E-state index contributed by atoms with van der Waals surface area (Å²) in [4.78, 5) is 20.0. The van der Waals surface area contributed by atoms with Gasteiger partial charge in [-0.25, -0.2) is 4.98 Å². The van der Waals surface area contributed by atoms with Gasteiger partial charge in [-0.05, 0) is 60.8 Å². The lowest BCUT2D eigenvalue weighted by Crippen LogP contribution is -2.43. The topological polar surface area (TPSA) is 70.4 Å². The zero-order valence-electron chi connectivity index (χ0n) is 20.8. The van der Waals surface area contributed by atoms with Crippen molar-refractivity contribution in [1.82, 2.24) is 15.2 Å². The molecular formula is C29H30N4O2S2. The number of nitrogens with zero attached hydrogens (tertiary/aromatic N) is 2. The van der Waals surface area contributed by atoms with Crippen LogP contribution in [0.3, 0.4) is 0 Å². The molecule has 1 saturated heterocycles. The Bertz CT molecular complexity index is 1340. The summed E-state index contributed by atoms with van der Waals surface area (Å²) in [6.45, 7) is 4.45. The summed E-state index contributed by atoms with van der Waals surface area (Å²) in [6, 6.07) is 20.2. The highest BCUT2D eigenvalue weighted by atomic mass is 32.1. The Kier molecular flexibility index (Phi) is 7.96. The van der Waals surface area contributed by atoms with Crippen LogP contribution in [0.25, 0.3) is 11.1 Å². The van der Waals surface area contributed by atoms with E-state index in [0.717, 1.165) is 65.0 Å². The maximum Gasteiger partial charge on any atom is 0.275 e. The maximum absolute atomic E-state index is 13.1. The summed E-state index contributed by atoms with van der Waals surface area (Å²) in [5, 5.41) is 9.98. The van der Waals surface area contributed by atoms with Gasteiger partial charge in [0, 0.05) is 35.6 Å². The number of para-hydroxylation sites is 1. The number of likely N-dealkylation sites (tertiary alicyclic amines) is 1. The van der Waals surface area contributed by atoms with E-state index in [1.807, 2.05) is 41.8 Å². The quantitative estimate of drug-likeness (QED) is 0.267. The monoisotopic (exact) mass is 530 g/mol. The summed E-state index contributed by atoms with van der Waals surface area (Å²) in [5.41, 5.74) is 4.62. The van der Waals surface area contributed by atoms with Crippen LogP contribution in [0, 0.1) is 0 Å². The number of nitrogens with one attached hydrogen (secondary N) is 2. The van der Waals surface area contributed by atoms with E-state index in [2.05, 4.69) is 46.7 Å². The van der Waals surface area contributed by atoms with E-state index in [4.69, 9.17) is 21.6 Å². The minimum atomic E-state index is -0.180. The molecule has 0 aliphatic carbocycles. The minimum Gasteiger partial charge on any atom is -0.467 e. The summed E-state index contributed by atoms with van der Waals surface area (Å²) in [7, 11) is 0. The van der Waals surface area contributed by atoms with Crippen LogP contribution in [0.4, 0.5) is 5.69 Å². The number of furan rings is 1. The molecule has 1 fully saturated rings. The molecule has 6 nitrogen and oxygen atoms in total. The lowest BCUT2D eigenvalue weighted by Gasteiger charge is -2.33. The summed E-state index contributed by atoms with van der Waals surface area (Å²) in [6.07, 6.45) is 4.57. The predicted octanol–water partition coefficient (Wildman–Crippen LogP) is 6.47. The Morgan fingerprint density at radius 2 is 1.89 bits per heavy atom. The number of carbonyl (C=O) groups excluding carboxylic acids is 1. The molecule has 2 N–H and O–H groups in total. The predicted molar refractivity (Wildman–Crippen MR) is 153 cm³/mol. The van der Waals surface area contributed by atoms with Crippen LogP contribution in [0.2, 0.25) is 0 Å². The zero-order valence-corrected chi connectivity index (χ0v) is 22.4. The number of rotatable bonds is 7. The van der Waals surface area contributed by atoms with E-state index in [0.29, 0.717) is 18.2 Å². The van der Waals surface area contributed by atoms with E-state index < -0.39 is 0 Å². The van der Waals surface area contributed by atoms with E-state index in [1.165, 1.54) is 5.56 Å². The fraction of sp³-hybridized carbons (Fsp3) is 0.276. The van der Waals surface area contributed by atoms with Crippen molar-refractivity contribution in [2.24, 2.45) is 0 Å². The van der Waals surface area contributed by atoms with E-state index in [9.17, 15) is 4.79 Å². The number of benzene rings is 2. The van der Waals surface area contributed by atoms with Crippen LogP contribution in [0.15, 0.2) is 76.7 Å². The summed E-state index contributed by atoms with van der Waals surface area (Å²) >= 11 is 7.13. The van der Waals surface area contributed by atoms with Gasteiger partial charge in [-0.15, -0.1) is 11.3 Å². The van der Waals surface area contributed by atoms with Gasteiger partial charge in [0.2, 0.25) is 0 Å². The highest BCUT2D eigenvalue weighted by Crippen LogP contribution is 2.32. The number of aromatic nitrogens is 1. The number of carbonyl (C=O) groups is 1.